The summed E-state index contributed by atoms with van der Waals surface area (Å²) in [4.78, 5) is 6.56. The molecule has 0 saturated heterocycles. The van der Waals surface area contributed by atoms with Crippen LogP contribution in [-0.4, -0.2) is 11.5 Å². The van der Waals surface area contributed by atoms with Crippen molar-refractivity contribution in [3.8, 4) is 0 Å². The minimum atomic E-state index is 0.800. The van der Waals surface area contributed by atoms with E-state index in [0.29, 0.717) is 0 Å². The Bertz CT molecular complexity index is 765. The summed E-state index contributed by atoms with van der Waals surface area (Å²) in [5.41, 5.74) is 2.50. The number of nitrogens with zero attached hydrogens (tertiary/aromatic N) is 2. The Hall–Kier alpha value is -1.58. The molecule has 1 aromatic carbocycles. The number of aromatic nitrogens is 1. The van der Waals surface area contributed by atoms with E-state index in [4.69, 9.17) is 11.6 Å². The van der Waals surface area contributed by atoms with Crippen LogP contribution in [0, 0.1) is 5.92 Å². The monoisotopic (exact) mass is 314 g/mol. The van der Waals surface area contributed by atoms with Crippen molar-refractivity contribution in [3.63, 3.8) is 0 Å². The summed E-state index contributed by atoms with van der Waals surface area (Å²) in [5, 5.41) is 4.32. The van der Waals surface area contributed by atoms with Crippen LogP contribution in [0.25, 0.3) is 10.1 Å². The Kier molecular flexibility index (Phi) is 3.32. The van der Waals surface area contributed by atoms with Crippen molar-refractivity contribution in [1.29, 1.82) is 0 Å². The average molecular weight is 315 g/mol. The van der Waals surface area contributed by atoms with Crippen molar-refractivity contribution >= 4 is 44.4 Å². The number of hydrogen-bond donors (Lipinski definition) is 0. The van der Waals surface area contributed by atoms with Crippen LogP contribution in [0.15, 0.2) is 48.1 Å². The molecule has 2 heterocycles. The molecule has 1 aliphatic carbocycles. The van der Waals surface area contributed by atoms with Crippen LogP contribution in [0.3, 0.4) is 0 Å². The summed E-state index contributed by atoms with van der Waals surface area (Å²) in [6, 6.07) is 10.3. The van der Waals surface area contributed by atoms with Gasteiger partial charge >= 0.3 is 0 Å². The van der Waals surface area contributed by atoms with Crippen LogP contribution in [0.1, 0.15) is 12.8 Å². The zero-order chi connectivity index (χ0) is 14.2. The highest BCUT2D eigenvalue weighted by Crippen LogP contribution is 2.41. The van der Waals surface area contributed by atoms with Gasteiger partial charge in [-0.2, -0.15) is 0 Å². The van der Waals surface area contributed by atoms with Crippen LogP contribution in [-0.2, 0) is 0 Å². The lowest BCUT2D eigenvalue weighted by Gasteiger charge is -2.24. The first-order chi connectivity index (χ1) is 10.3. The Morgan fingerprint density at radius 2 is 2.00 bits per heavy atom. The van der Waals surface area contributed by atoms with Crippen molar-refractivity contribution in [2.45, 2.75) is 12.8 Å². The molecule has 1 saturated carbocycles. The molecule has 0 atom stereocenters. The topological polar surface area (TPSA) is 16.1 Å². The molecule has 106 valence electrons. The van der Waals surface area contributed by atoms with E-state index in [1.54, 1.807) is 11.3 Å². The first-order valence-electron chi connectivity index (χ1n) is 7.15. The van der Waals surface area contributed by atoms with Crippen molar-refractivity contribution in [1.82, 2.24) is 4.98 Å². The van der Waals surface area contributed by atoms with E-state index < -0.39 is 0 Å². The third kappa shape index (κ3) is 2.63. The Morgan fingerprint density at radius 1 is 1.19 bits per heavy atom. The van der Waals surface area contributed by atoms with Gasteiger partial charge in [0.15, 0.2) is 0 Å². The Morgan fingerprint density at radius 3 is 2.76 bits per heavy atom. The van der Waals surface area contributed by atoms with Crippen LogP contribution < -0.4 is 4.90 Å². The van der Waals surface area contributed by atoms with Gasteiger partial charge in [0.05, 0.1) is 5.69 Å². The highest BCUT2D eigenvalue weighted by atomic mass is 35.5. The van der Waals surface area contributed by atoms with Crippen molar-refractivity contribution in [2.24, 2.45) is 5.92 Å². The van der Waals surface area contributed by atoms with Crippen LogP contribution in [0.2, 0.25) is 5.02 Å². The molecule has 4 heteroatoms. The molecule has 0 aliphatic heterocycles. The molecule has 3 aromatic rings. The number of hydrogen-bond acceptors (Lipinski definition) is 3. The van der Waals surface area contributed by atoms with Gasteiger partial charge in [0.1, 0.15) is 0 Å². The first-order valence-corrected chi connectivity index (χ1v) is 8.41. The van der Waals surface area contributed by atoms with Crippen LogP contribution in [0.5, 0.6) is 0 Å². The van der Waals surface area contributed by atoms with Crippen molar-refractivity contribution in [2.75, 3.05) is 11.4 Å². The van der Waals surface area contributed by atoms with E-state index in [-0.39, 0.29) is 0 Å². The molecule has 1 aliphatic rings. The highest BCUT2D eigenvalue weighted by molar-refractivity contribution is 7.17. The summed E-state index contributed by atoms with van der Waals surface area (Å²) >= 11 is 7.86. The molecule has 21 heavy (non-hydrogen) atoms. The van der Waals surface area contributed by atoms with Gasteiger partial charge in [-0.25, -0.2) is 0 Å². The van der Waals surface area contributed by atoms with E-state index in [1.807, 2.05) is 24.5 Å². The van der Waals surface area contributed by atoms with Gasteiger partial charge in [-0.3, -0.25) is 4.98 Å². The van der Waals surface area contributed by atoms with Gasteiger partial charge < -0.3 is 4.90 Å². The molecule has 4 rings (SSSR count). The molecule has 0 N–H and O–H groups in total. The van der Waals surface area contributed by atoms with E-state index in [2.05, 4.69) is 33.5 Å². The largest absolute Gasteiger partial charge is 0.340 e. The summed E-state index contributed by atoms with van der Waals surface area (Å²) in [7, 11) is 0. The fraction of sp³-hybridized carbons (Fsp3) is 0.235. The molecular weight excluding hydrogens is 300 g/mol. The summed E-state index contributed by atoms with van der Waals surface area (Å²) in [5.74, 6) is 0.820. The third-order valence-electron chi connectivity index (χ3n) is 3.92. The molecular formula is C17H15ClN2S. The molecule has 0 radical (unpaired) electrons. The van der Waals surface area contributed by atoms with E-state index >= 15 is 0 Å². The number of pyridine rings is 1. The second-order valence-electron chi connectivity index (χ2n) is 5.52. The number of fused-ring (bicyclic) bond motifs is 1. The second-order valence-corrected chi connectivity index (χ2v) is 6.87. The summed E-state index contributed by atoms with van der Waals surface area (Å²) in [6.07, 6.45) is 6.41. The Balaban J connectivity index is 1.81. The summed E-state index contributed by atoms with van der Waals surface area (Å²) in [6.45, 7) is 1.08. The van der Waals surface area contributed by atoms with E-state index in [0.717, 1.165) is 17.5 Å². The lowest BCUT2D eigenvalue weighted by Crippen LogP contribution is -2.19. The molecule has 2 nitrogen and oxygen atoms in total. The molecule has 0 spiro atoms. The van der Waals surface area contributed by atoms with E-state index in [1.165, 1.54) is 34.3 Å². The lowest BCUT2D eigenvalue weighted by molar-refractivity contribution is 0.816. The van der Waals surface area contributed by atoms with Crippen LogP contribution in [0.4, 0.5) is 11.4 Å². The van der Waals surface area contributed by atoms with Gasteiger partial charge in [-0.15, -0.1) is 11.3 Å². The maximum Gasteiger partial charge on any atom is 0.0599 e. The number of anilines is 2. The molecule has 0 bridgehead atoms. The molecule has 0 unspecified atom stereocenters. The number of halogens is 1. The standard InChI is InChI=1S/C17H15ClN2S/c18-13-3-4-15-16(11-21-17(15)9-13)20(10-12-1-2-12)14-5-7-19-8-6-14/h3-9,11-12H,1-2,10H2. The summed E-state index contributed by atoms with van der Waals surface area (Å²) < 4.78 is 1.24. The smallest absolute Gasteiger partial charge is 0.0599 e. The predicted octanol–water partition coefficient (Wildman–Crippen LogP) is 5.50. The maximum absolute atomic E-state index is 6.10. The zero-order valence-electron chi connectivity index (χ0n) is 11.5. The van der Waals surface area contributed by atoms with Gasteiger partial charge in [-0.1, -0.05) is 11.6 Å². The number of benzene rings is 1. The SMILES string of the molecule is Clc1ccc2c(N(CC3CC3)c3ccncc3)csc2c1. The predicted molar refractivity (Wildman–Crippen MR) is 90.8 cm³/mol. The zero-order valence-corrected chi connectivity index (χ0v) is 13.1. The molecule has 0 amide bonds. The fourth-order valence-corrected chi connectivity index (χ4v) is 3.85. The van der Waals surface area contributed by atoms with Crippen LogP contribution >= 0.6 is 22.9 Å². The molecule has 1 fully saturated rings. The van der Waals surface area contributed by atoms with Gasteiger partial charge in [0, 0.05) is 45.1 Å². The van der Waals surface area contributed by atoms with Gasteiger partial charge in [0.25, 0.3) is 0 Å². The molecule has 2 aromatic heterocycles. The average Bonchev–Trinajstić information content (AvgIpc) is 3.24. The fourth-order valence-electron chi connectivity index (χ4n) is 2.62. The minimum Gasteiger partial charge on any atom is -0.340 e. The first kappa shape index (κ1) is 13.1. The Labute approximate surface area is 133 Å². The third-order valence-corrected chi connectivity index (χ3v) is 5.09. The van der Waals surface area contributed by atoms with E-state index in [9.17, 15) is 0 Å². The maximum atomic E-state index is 6.10. The second kappa shape index (κ2) is 5.32. The van der Waals surface area contributed by atoms with Gasteiger partial charge in [-0.05, 0) is 49.1 Å². The number of thiophene rings is 1. The number of rotatable bonds is 4. The van der Waals surface area contributed by atoms with Gasteiger partial charge in [0.2, 0.25) is 0 Å². The lowest BCUT2D eigenvalue weighted by atomic mass is 10.2. The van der Waals surface area contributed by atoms with Crippen molar-refractivity contribution in [3.05, 3.63) is 53.1 Å². The minimum absolute atomic E-state index is 0.800. The highest BCUT2D eigenvalue weighted by Gasteiger charge is 2.26. The quantitative estimate of drug-likeness (QED) is 0.632. The van der Waals surface area contributed by atoms with Crippen molar-refractivity contribution < 1.29 is 0 Å². The normalized spacial score (nSPS) is 14.5.